The summed E-state index contributed by atoms with van der Waals surface area (Å²) in [5.74, 6) is 0.162. The van der Waals surface area contributed by atoms with Gasteiger partial charge in [0, 0.05) is 17.8 Å². The van der Waals surface area contributed by atoms with Crippen molar-refractivity contribution in [1.82, 2.24) is 24.8 Å². The Labute approximate surface area is 297 Å². The summed E-state index contributed by atoms with van der Waals surface area (Å²) in [6, 6.07) is 50.8. The lowest BCUT2D eigenvalue weighted by Crippen LogP contribution is -2.39. The first-order valence-electron chi connectivity index (χ1n) is 17.3. The van der Waals surface area contributed by atoms with Crippen molar-refractivity contribution in [2.45, 2.75) is 38.5 Å². The molecule has 0 saturated carbocycles. The van der Waals surface area contributed by atoms with Gasteiger partial charge in [0.05, 0.1) is 12.7 Å². The number of rotatable bonds is 12. The van der Waals surface area contributed by atoms with Gasteiger partial charge in [-0.2, -0.15) is 0 Å². The molecule has 0 radical (unpaired) electrons. The third kappa shape index (κ3) is 6.15. The van der Waals surface area contributed by atoms with Crippen LogP contribution in [0.2, 0.25) is 0 Å². The molecule has 0 fully saturated rings. The quantitative estimate of drug-likeness (QED) is 0.104. The number of aromatic nitrogens is 5. The Hall–Kier alpha value is -6.12. The molecule has 2 aromatic heterocycles. The molecule has 51 heavy (non-hydrogen) atoms. The molecule has 0 aliphatic carbocycles. The predicted molar refractivity (Wildman–Crippen MR) is 198 cm³/mol. The summed E-state index contributed by atoms with van der Waals surface area (Å²) >= 11 is 0. The number of esters is 1. The zero-order chi connectivity index (χ0) is 35.2. The molecule has 1 atom stereocenters. The van der Waals surface area contributed by atoms with Crippen LogP contribution < -0.4 is 0 Å². The van der Waals surface area contributed by atoms with Gasteiger partial charge in [-0.25, -0.2) is 9.48 Å². The van der Waals surface area contributed by atoms with Gasteiger partial charge in [0.25, 0.3) is 0 Å². The lowest BCUT2D eigenvalue weighted by atomic mass is 9.77. The Morgan fingerprint density at radius 1 is 0.686 bits per heavy atom. The van der Waals surface area contributed by atoms with Gasteiger partial charge in [-0.15, -0.1) is 5.10 Å². The number of nitrogens with zero attached hydrogens (tertiary/aromatic N) is 5. The zero-order valence-electron chi connectivity index (χ0n) is 28.6. The van der Waals surface area contributed by atoms with Crippen LogP contribution in [-0.2, 0) is 16.8 Å². The highest BCUT2D eigenvalue weighted by molar-refractivity contribution is 5.88. The third-order valence-electron chi connectivity index (χ3n) is 9.39. The van der Waals surface area contributed by atoms with Gasteiger partial charge in [0.1, 0.15) is 11.2 Å². The van der Waals surface area contributed by atoms with E-state index >= 15 is 0 Å². The van der Waals surface area contributed by atoms with Crippen LogP contribution in [0.25, 0.3) is 22.5 Å². The molecule has 7 aromatic rings. The molecule has 0 spiro atoms. The van der Waals surface area contributed by atoms with E-state index in [4.69, 9.17) is 15.0 Å². The number of benzene rings is 5. The molecule has 1 unspecified atom stereocenters. The van der Waals surface area contributed by atoms with Crippen molar-refractivity contribution in [2.24, 2.45) is 0 Å². The van der Waals surface area contributed by atoms with Crippen LogP contribution in [0.1, 0.15) is 64.8 Å². The monoisotopic (exact) mass is 673 g/mol. The average molecular weight is 674 g/mol. The summed E-state index contributed by atoms with van der Waals surface area (Å²) < 4.78 is 9.21. The van der Waals surface area contributed by atoms with E-state index in [0.29, 0.717) is 30.2 Å². The summed E-state index contributed by atoms with van der Waals surface area (Å²) in [7, 11) is 0. The first kappa shape index (κ1) is 33.4. The van der Waals surface area contributed by atoms with Crippen LogP contribution in [0.5, 0.6) is 0 Å². The largest absolute Gasteiger partial charge is 0.461 e. The molecule has 0 bridgehead atoms. The minimum atomic E-state index is -0.917. The second-order valence-electron chi connectivity index (χ2n) is 12.3. The van der Waals surface area contributed by atoms with Gasteiger partial charge in [-0.05, 0) is 69.3 Å². The first-order chi connectivity index (χ1) is 25.1. The van der Waals surface area contributed by atoms with Crippen LogP contribution in [0.4, 0.5) is 0 Å². The van der Waals surface area contributed by atoms with Gasteiger partial charge in [0.2, 0.25) is 0 Å². The number of hydrogen-bond acceptors (Lipinski definition) is 6. The minimum absolute atomic E-state index is 0.255. The molecule has 254 valence electrons. The number of aliphatic hydroxyl groups excluding tert-OH is 1. The Balaban J connectivity index is 1.43. The molecule has 7 rings (SSSR count). The number of hydrogen-bond donors (Lipinski definition) is 1. The summed E-state index contributed by atoms with van der Waals surface area (Å²) in [6.45, 7) is 4.30. The Kier molecular flexibility index (Phi) is 9.67. The maximum atomic E-state index is 13.1. The first-order valence-corrected chi connectivity index (χ1v) is 17.3. The average Bonchev–Trinajstić information content (AvgIpc) is 3.85. The predicted octanol–water partition coefficient (Wildman–Crippen LogP) is 8.32. The topological polar surface area (TPSA) is 95.1 Å². The molecule has 8 nitrogen and oxygen atoms in total. The fraction of sp³-hybridized carbons (Fsp3) is 0.163. The molecular formula is C43H39N5O3. The molecule has 5 aromatic carbocycles. The standard InChI is InChI=1S/C43H39N5O3/c1-3-40(49)38-28-29-39(42(50)51-4-2)47(38)30-31-18-14-15-25-35(31)36-26-16-17-27-37(36)41-44-45-46-48(41)43(32-19-8-5-9-20-32,33-21-10-6-11-22-33)34-23-12-7-13-24-34/h5-29,40,49H,3-4,30H2,1-2H3. The van der Waals surface area contributed by atoms with Crippen molar-refractivity contribution >= 4 is 5.97 Å². The van der Waals surface area contributed by atoms with Crippen LogP contribution in [0.15, 0.2) is 152 Å². The summed E-state index contributed by atoms with van der Waals surface area (Å²) in [5, 5.41) is 24.8. The maximum Gasteiger partial charge on any atom is 0.354 e. The summed E-state index contributed by atoms with van der Waals surface area (Å²) in [5.41, 5.74) is 6.84. The number of aliphatic hydroxyl groups is 1. The van der Waals surface area contributed by atoms with Gasteiger partial charge in [0.15, 0.2) is 5.82 Å². The smallest absolute Gasteiger partial charge is 0.354 e. The van der Waals surface area contributed by atoms with Crippen LogP contribution in [0, 0.1) is 0 Å². The van der Waals surface area contributed by atoms with Gasteiger partial charge in [-0.3, -0.25) is 0 Å². The Bertz CT molecular complexity index is 2130. The Morgan fingerprint density at radius 3 is 1.78 bits per heavy atom. The third-order valence-corrected chi connectivity index (χ3v) is 9.39. The lowest BCUT2D eigenvalue weighted by Gasteiger charge is -2.36. The van der Waals surface area contributed by atoms with Crippen molar-refractivity contribution < 1.29 is 14.6 Å². The maximum absolute atomic E-state index is 13.1. The van der Waals surface area contributed by atoms with E-state index in [2.05, 4.69) is 53.7 Å². The second kappa shape index (κ2) is 14.8. The van der Waals surface area contributed by atoms with Gasteiger partial charge in [-0.1, -0.05) is 146 Å². The molecule has 0 amide bonds. The molecule has 2 heterocycles. The van der Waals surface area contributed by atoms with E-state index in [0.717, 1.165) is 38.9 Å². The van der Waals surface area contributed by atoms with Gasteiger partial charge >= 0.3 is 5.97 Å². The molecular weight excluding hydrogens is 635 g/mol. The fourth-order valence-electron chi connectivity index (χ4n) is 7.03. The highest BCUT2D eigenvalue weighted by Gasteiger charge is 2.42. The second-order valence-corrected chi connectivity index (χ2v) is 12.3. The van der Waals surface area contributed by atoms with E-state index in [1.54, 1.807) is 19.1 Å². The fourth-order valence-corrected chi connectivity index (χ4v) is 7.03. The van der Waals surface area contributed by atoms with E-state index in [-0.39, 0.29) is 6.61 Å². The van der Waals surface area contributed by atoms with E-state index in [1.807, 2.05) is 107 Å². The van der Waals surface area contributed by atoms with Crippen LogP contribution >= 0.6 is 0 Å². The molecule has 0 saturated heterocycles. The van der Waals surface area contributed by atoms with Crippen molar-refractivity contribution in [3.63, 3.8) is 0 Å². The molecule has 1 N–H and O–H groups in total. The van der Waals surface area contributed by atoms with E-state index in [9.17, 15) is 9.90 Å². The lowest BCUT2D eigenvalue weighted by molar-refractivity contribution is 0.0512. The minimum Gasteiger partial charge on any atom is -0.461 e. The van der Waals surface area contributed by atoms with Crippen LogP contribution in [0.3, 0.4) is 0 Å². The highest BCUT2D eigenvalue weighted by atomic mass is 16.5. The SMILES string of the molecule is CCOC(=O)c1ccc(C(O)CC)n1Cc1ccccc1-c1ccccc1-c1nnnn1C(c1ccccc1)(c1ccccc1)c1ccccc1. The molecule has 0 aliphatic heterocycles. The number of carbonyl (C=O) groups excluding carboxylic acids is 1. The summed E-state index contributed by atoms with van der Waals surface area (Å²) in [4.78, 5) is 13.1. The number of carbonyl (C=O) groups is 1. The molecule has 8 heteroatoms. The molecule has 0 aliphatic rings. The number of tetrazole rings is 1. The highest BCUT2D eigenvalue weighted by Crippen LogP contribution is 2.43. The Morgan fingerprint density at radius 2 is 1.22 bits per heavy atom. The van der Waals surface area contributed by atoms with Crippen molar-refractivity contribution in [1.29, 1.82) is 0 Å². The van der Waals surface area contributed by atoms with E-state index < -0.39 is 17.6 Å². The number of ether oxygens (including phenoxy) is 1. The van der Waals surface area contributed by atoms with Crippen molar-refractivity contribution in [3.05, 3.63) is 185 Å². The van der Waals surface area contributed by atoms with Crippen molar-refractivity contribution in [2.75, 3.05) is 6.61 Å². The zero-order valence-corrected chi connectivity index (χ0v) is 28.6. The summed E-state index contributed by atoms with van der Waals surface area (Å²) in [6.07, 6.45) is -0.231. The van der Waals surface area contributed by atoms with E-state index in [1.165, 1.54) is 0 Å². The van der Waals surface area contributed by atoms with Crippen LogP contribution in [-0.4, -0.2) is 42.5 Å². The van der Waals surface area contributed by atoms with Gasteiger partial charge < -0.3 is 14.4 Å². The normalized spacial score (nSPS) is 12.1. The van der Waals surface area contributed by atoms with Crippen molar-refractivity contribution in [3.8, 4) is 22.5 Å².